The van der Waals surface area contributed by atoms with Crippen molar-refractivity contribution in [2.45, 2.75) is 13.8 Å². The molecule has 0 aliphatic carbocycles. The molecule has 0 saturated carbocycles. The zero-order valence-corrected chi connectivity index (χ0v) is 5.79. The summed E-state index contributed by atoms with van der Waals surface area (Å²) in [6.45, 7) is 7.90. The van der Waals surface area contributed by atoms with E-state index in [4.69, 9.17) is 5.73 Å². The SMILES string of the molecule is C=CC.CCN.Cl. The molecule has 0 saturated heterocycles. The Balaban J connectivity index is -0.0000000400. The molecular weight excluding hydrogens is 110 g/mol. The van der Waals surface area contributed by atoms with Gasteiger partial charge in [0.25, 0.3) is 0 Å². The van der Waals surface area contributed by atoms with Crippen molar-refractivity contribution in [1.29, 1.82) is 0 Å². The minimum absolute atomic E-state index is 0. The Kier molecular flexibility index (Phi) is 84.8. The van der Waals surface area contributed by atoms with Crippen molar-refractivity contribution in [2.24, 2.45) is 5.73 Å². The molecule has 0 heterocycles. The highest BCUT2D eigenvalue weighted by atomic mass is 35.5. The zero-order valence-electron chi connectivity index (χ0n) is 4.98. The highest BCUT2D eigenvalue weighted by molar-refractivity contribution is 5.85. The topological polar surface area (TPSA) is 26.0 Å². The first kappa shape index (κ1) is 15.8. The molecule has 0 aliphatic heterocycles. The fraction of sp³-hybridized carbons (Fsp3) is 0.600. The van der Waals surface area contributed by atoms with Gasteiger partial charge >= 0.3 is 0 Å². The number of halogens is 1. The van der Waals surface area contributed by atoms with Crippen LogP contribution in [0, 0.1) is 0 Å². The zero-order chi connectivity index (χ0) is 5.41. The second-order valence-corrected chi connectivity index (χ2v) is 0.816. The first-order valence-corrected chi connectivity index (χ1v) is 2.10. The predicted octanol–water partition coefficient (Wildman–Crippen LogP) is 1.58. The van der Waals surface area contributed by atoms with E-state index >= 15 is 0 Å². The van der Waals surface area contributed by atoms with E-state index in [-0.39, 0.29) is 12.4 Å². The van der Waals surface area contributed by atoms with Gasteiger partial charge in [-0.2, -0.15) is 0 Å². The van der Waals surface area contributed by atoms with Crippen molar-refractivity contribution in [1.82, 2.24) is 0 Å². The second-order valence-electron chi connectivity index (χ2n) is 0.816. The first-order chi connectivity index (χ1) is 2.83. The maximum atomic E-state index is 4.85. The van der Waals surface area contributed by atoms with E-state index in [0.29, 0.717) is 0 Å². The van der Waals surface area contributed by atoms with Gasteiger partial charge in [-0.25, -0.2) is 0 Å². The van der Waals surface area contributed by atoms with Crippen molar-refractivity contribution >= 4 is 12.4 Å². The Bertz CT molecular complexity index is 22.0. The molecule has 0 rings (SSSR count). The maximum absolute atomic E-state index is 4.85. The van der Waals surface area contributed by atoms with Crippen molar-refractivity contribution in [3.05, 3.63) is 12.7 Å². The number of nitrogens with two attached hydrogens (primary N) is 1. The quantitative estimate of drug-likeness (QED) is 0.487. The molecule has 2 N–H and O–H groups in total. The van der Waals surface area contributed by atoms with Crippen LogP contribution >= 0.6 is 12.4 Å². The van der Waals surface area contributed by atoms with Gasteiger partial charge in [0.1, 0.15) is 0 Å². The molecule has 0 aliphatic rings. The monoisotopic (exact) mass is 123 g/mol. The average molecular weight is 124 g/mol. The van der Waals surface area contributed by atoms with Gasteiger partial charge in [0, 0.05) is 0 Å². The van der Waals surface area contributed by atoms with Crippen LogP contribution in [0.4, 0.5) is 0 Å². The lowest BCUT2D eigenvalue weighted by atomic mass is 10.8. The molecule has 0 aromatic carbocycles. The third kappa shape index (κ3) is 954000. The summed E-state index contributed by atoms with van der Waals surface area (Å²) in [7, 11) is 0. The Hall–Kier alpha value is -0.0100. The summed E-state index contributed by atoms with van der Waals surface area (Å²) >= 11 is 0. The van der Waals surface area contributed by atoms with E-state index in [1.807, 2.05) is 13.8 Å². The largest absolute Gasteiger partial charge is 0.331 e. The molecular formula is C5H14ClN. The molecule has 0 amide bonds. The molecule has 7 heavy (non-hydrogen) atoms. The van der Waals surface area contributed by atoms with Crippen LogP contribution in [0.5, 0.6) is 0 Å². The van der Waals surface area contributed by atoms with E-state index < -0.39 is 0 Å². The average Bonchev–Trinajstić information content (AvgIpc) is 1.39. The number of rotatable bonds is 0. The molecule has 0 atom stereocenters. The van der Waals surface area contributed by atoms with Crippen molar-refractivity contribution in [3.8, 4) is 0 Å². The summed E-state index contributed by atoms with van der Waals surface area (Å²) in [5, 5.41) is 0. The van der Waals surface area contributed by atoms with Gasteiger partial charge < -0.3 is 5.73 Å². The van der Waals surface area contributed by atoms with E-state index in [9.17, 15) is 0 Å². The Labute approximate surface area is 52.0 Å². The molecule has 46 valence electrons. The highest BCUT2D eigenvalue weighted by Gasteiger charge is 1.32. The normalized spacial score (nSPS) is 4.43. The van der Waals surface area contributed by atoms with E-state index in [0.717, 1.165) is 6.54 Å². The Morgan fingerprint density at radius 3 is 1.71 bits per heavy atom. The van der Waals surface area contributed by atoms with Crippen LogP contribution in [-0.2, 0) is 0 Å². The fourth-order valence-corrected chi connectivity index (χ4v) is 0. The van der Waals surface area contributed by atoms with E-state index in [2.05, 4.69) is 6.58 Å². The van der Waals surface area contributed by atoms with Crippen molar-refractivity contribution < 1.29 is 0 Å². The van der Waals surface area contributed by atoms with Gasteiger partial charge in [0.2, 0.25) is 0 Å². The molecule has 0 aromatic heterocycles. The van der Waals surface area contributed by atoms with Crippen LogP contribution < -0.4 is 5.73 Å². The number of hydrogen-bond donors (Lipinski definition) is 1. The fourth-order valence-electron chi connectivity index (χ4n) is 0. The summed E-state index contributed by atoms with van der Waals surface area (Å²) in [6.07, 6.45) is 1.75. The van der Waals surface area contributed by atoms with E-state index in [1.54, 1.807) is 6.08 Å². The summed E-state index contributed by atoms with van der Waals surface area (Å²) in [6, 6.07) is 0. The standard InChI is InChI=1S/C3H6.C2H7N.ClH/c1-3-2;1-2-3;/h3H,1H2,2H3;2-3H2,1H3;1H. The molecule has 0 spiro atoms. The van der Waals surface area contributed by atoms with Crippen LogP contribution in [0.3, 0.4) is 0 Å². The van der Waals surface area contributed by atoms with Crippen molar-refractivity contribution in [3.63, 3.8) is 0 Å². The number of hydrogen-bond acceptors (Lipinski definition) is 1. The van der Waals surface area contributed by atoms with Crippen LogP contribution in [0.1, 0.15) is 13.8 Å². The summed E-state index contributed by atoms with van der Waals surface area (Å²) in [5.41, 5.74) is 4.85. The third-order valence-corrected chi connectivity index (χ3v) is 0. The van der Waals surface area contributed by atoms with Gasteiger partial charge in [0.05, 0.1) is 0 Å². The molecule has 0 radical (unpaired) electrons. The van der Waals surface area contributed by atoms with Crippen LogP contribution in [0.25, 0.3) is 0 Å². The summed E-state index contributed by atoms with van der Waals surface area (Å²) < 4.78 is 0. The predicted molar refractivity (Wildman–Crippen MR) is 37.8 cm³/mol. The second kappa shape index (κ2) is 37.7. The van der Waals surface area contributed by atoms with Crippen molar-refractivity contribution in [2.75, 3.05) is 6.54 Å². The molecule has 2 heteroatoms. The molecule has 0 bridgehead atoms. The summed E-state index contributed by atoms with van der Waals surface area (Å²) in [5.74, 6) is 0. The van der Waals surface area contributed by atoms with Gasteiger partial charge in [0.15, 0.2) is 0 Å². The minimum Gasteiger partial charge on any atom is -0.331 e. The van der Waals surface area contributed by atoms with Crippen LogP contribution in [-0.4, -0.2) is 6.54 Å². The Morgan fingerprint density at radius 2 is 1.71 bits per heavy atom. The van der Waals surface area contributed by atoms with E-state index in [1.165, 1.54) is 0 Å². The van der Waals surface area contributed by atoms with Gasteiger partial charge in [-0.15, -0.1) is 19.0 Å². The number of allylic oxidation sites excluding steroid dienone is 1. The molecule has 1 nitrogen and oxygen atoms in total. The molecule has 0 fully saturated rings. The Morgan fingerprint density at radius 1 is 1.71 bits per heavy atom. The third-order valence-electron chi connectivity index (χ3n) is 0. The first-order valence-electron chi connectivity index (χ1n) is 2.10. The lowest BCUT2D eigenvalue weighted by molar-refractivity contribution is 1.14. The highest BCUT2D eigenvalue weighted by Crippen LogP contribution is 1.38. The van der Waals surface area contributed by atoms with Gasteiger partial charge in [-0.05, 0) is 13.5 Å². The summed E-state index contributed by atoms with van der Waals surface area (Å²) in [4.78, 5) is 0. The lowest BCUT2D eigenvalue weighted by Gasteiger charge is -1.53. The van der Waals surface area contributed by atoms with Gasteiger partial charge in [-0.3, -0.25) is 0 Å². The minimum atomic E-state index is 0. The lowest BCUT2D eigenvalue weighted by Crippen LogP contribution is -1.87. The van der Waals surface area contributed by atoms with Gasteiger partial charge in [-0.1, -0.05) is 13.0 Å². The van der Waals surface area contributed by atoms with Crippen LogP contribution in [0.15, 0.2) is 12.7 Å². The van der Waals surface area contributed by atoms with Crippen LogP contribution in [0.2, 0.25) is 0 Å². The maximum Gasteiger partial charge on any atom is -0.0106 e. The molecule has 0 unspecified atom stereocenters. The molecule has 0 aromatic rings. The smallest absolute Gasteiger partial charge is 0.0106 e.